The van der Waals surface area contributed by atoms with Crippen LogP contribution in [0.15, 0.2) is 18.2 Å². The molecule has 1 heterocycles. The molecule has 1 unspecified atom stereocenters. The molecule has 4 saturated carbocycles. The minimum Gasteiger partial charge on any atom is -0.406 e. The zero-order valence-corrected chi connectivity index (χ0v) is 22.4. The van der Waals surface area contributed by atoms with Gasteiger partial charge in [0.2, 0.25) is 0 Å². The number of alkyl halides is 3. The molecule has 6 rings (SSSR count). The van der Waals surface area contributed by atoms with Gasteiger partial charge in [0, 0.05) is 12.0 Å². The van der Waals surface area contributed by atoms with Gasteiger partial charge in [-0.3, -0.25) is 4.79 Å². The molecule has 0 amide bonds. The highest BCUT2D eigenvalue weighted by atomic mass is 19.4. The molecule has 8 atom stereocenters. The van der Waals surface area contributed by atoms with Crippen LogP contribution in [0.4, 0.5) is 13.2 Å². The summed E-state index contributed by atoms with van der Waals surface area (Å²) in [7, 11) is 0. The van der Waals surface area contributed by atoms with E-state index in [9.17, 15) is 23.1 Å². The van der Waals surface area contributed by atoms with E-state index < -0.39 is 12.0 Å². The number of fused-ring (bicyclic) bond motifs is 6. The lowest BCUT2D eigenvalue weighted by Crippen LogP contribution is -2.55. The molecule has 1 N–H and O–H groups in total. The average Bonchev–Trinajstić information content (AvgIpc) is 3.38. The molecule has 9 heteroatoms. The molecule has 0 aliphatic heterocycles. The first-order valence-electron chi connectivity index (χ1n) is 14.1. The highest BCUT2D eigenvalue weighted by Gasteiger charge is 2.61. The molecule has 0 bridgehead atoms. The van der Waals surface area contributed by atoms with E-state index in [1.54, 1.807) is 0 Å². The van der Waals surface area contributed by atoms with Gasteiger partial charge in [0.25, 0.3) is 0 Å². The largest absolute Gasteiger partial charge is 0.573 e. The third-order valence-electron chi connectivity index (χ3n) is 11.4. The van der Waals surface area contributed by atoms with Crippen LogP contribution in [0.5, 0.6) is 5.75 Å². The molecule has 1 aromatic heterocycles. The number of carbonyl (C=O) groups excluding carboxylic acids is 1. The Labute approximate surface area is 221 Å². The van der Waals surface area contributed by atoms with Gasteiger partial charge in [-0.1, -0.05) is 19.1 Å². The normalized spacial score (nSPS) is 40.9. The first kappa shape index (κ1) is 26.1. The van der Waals surface area contributed by atoms with Crippen LogP contribution >= 0.6 is 0 Å². The number of ether oxygens (including phenoxy) is 1. The van der Waals surface area contributed by atoms with Crippen molar-refractivity contribution in [3.63, 3.8) is 0 Å². The van der Waals surface area contributed by atoms with Gasteiger partial charge in [-0.2, -0.15) is 0 Å². The smallest absolute Gasteiger partial charge is 0.406 e. The van der Waals surface area contributed by atoms with E-state index in [2.05, 4.69) is 28.9 Å². The molecule has 38 heavy (non-hydrogen) atoms. The maximum Gasteiger partial charge on any atom is 0.573 e. The lowest BCUT2D eigenvalue weighted by molar-refractivity contribution is -0.274. The van der Waals surface area contributed by atoms with Gasteiger partial charge < -0.3 is 9.84 Å². The number of aromatic nitrogens is 3. The van der Waals surface area contributed by atoms with E-state index >= 15 is 0 Å². The number of nitrogens with zero attached hydrogens (tertiary/aromatic N) is 3. The molecule has 2 aromatic rings. The molecule has 4 fully saturated rings. The van der Waals surface area contributed by atoms with Crippen LogP contribution in [0.2, 0.25) is 0 Å². The number of halogens is 3. The van der Waals surface area contributed by atoms with Crippen molar-refractivity contribution in [2.45, 2.75) is 97.1 Å². The number of aliphatic hydroxyl groups is 1. The Hall–Kier alpha value is -2.16. The van der Waals surface area contributed by atoms with Crippen LogP contribution in [0.25, 0.3) is 11.0 Å². The zero-order valence-electron chi connectivity index (χ0n) is 22.4. The predicted octanol–water partition coefficient (Wildman–Crippen LogP) is 6.31. The fourth-order valence-corrected chi connectivity index (χ4v) is 9.48. The number of hydrogen-bond acceptors (Lipinski definition) is 5. The standard InChI is InChI=1S/C29H38F3N3O3/c1-26(37)12-13-27(2)17(15-26)4-6-19-20-7-8-22(28(20,3)11-10-21(19)27)25(36)16-35-24-14-18(38-29(30,31)32)5-9-23(24)33-34-35/h5,9,14,17,19-22,37H,4,6-8,10-13,15-16H2,1-3H3/t17-,19+,20+,21+,22-,26-,27?,28+/m1/s1. The quantitative estimate of drug-likeness (QED) is 0.499. The van der Waals surface area contributed by atoms with Crippen molar-refractivity contribution in [2.75, 3.05) is 0 Å². The number of Topliss-reactive ketones (excluding diaryl/α,β-unsaturated/α-hetero) is 1. The SMILES string of the molecule is CC12CC[C@@](C)(O)C[C@H]1CC[C@@H]1[C@@H]2CC[C@]2(C)[C@@H](C(=O)Cn3nnc4ccc(OC(F)(F)F)cc43)CC[C@@H]12. The van der Waals surface area contributed by atoms with E-state index in [-0.39, 0.29) is 34.8 Å². The number of hydrogen-bond donors (Lipinski definition) is 1. The Morgan fingerprint density at radius 1 is 1.05 bits per heavy atom. The molecule has 0 saturated heterocycles. The molecular formula is C29H38F3N3O3. The van der Waals surface area contributed by atoms with Crippen LogP contribution in [0, 0.1) is 40.4 Å². The molecule has 0 spiro atoms. The Kier molecular flexibility index (Phi) is 5.95. The summed E-state index contributed by atoms with van der Waals surface area (Å²) in [6.07, 6.45) is 4.45. The summed E-state index contributed by atoms with van der Waals surface area (Å²) in [5.74, 6) is 2.01. The number of benzene rings is 1. The number of ketones is 1. The van der Waals surface area contributed by atoms with Crippen molar-refractivity contribution in [2.24, 2.45) is 40.4 Å². The summed E-state index contributed by atoms with van der Waals surface area (Å²) in [5, 5.41) is 18.9. The second kappa shape index (κ2) is 8.67. The van der Waals surface area contributed by atoms with Crippen LogP contribution in [0.1, 0.15) is 78.6 Å². The van der Waals surface area contributed by atoms with E-state index in [1.807, 2.05) is 6.92 Å². The van der Waals surface area contributed by atoms with Gasteiger partial charge in [-0.05, 0) is 111 Å². The van der Waals surface area contributed by atoms with Crippen LogP contribution in [0.3, 0.4) is 0 Å². The lowest BCUT2D eigenvalue weighted by atomic mass is 9.44. The minimum absolute atomic E-state index is 0.00190. The fraction of sp³-hybridized carbons (Fsp3) is 0.759. The third kappa shape index (κ3) is 4.23. The van der Waals surface area contributed by atoms with Gasteiger partial charge >= 0.3 is 6.36 Å². The molecule has 1 aromatic carbocycles. The van der Waals surface area contributed by atoms with Crippen molar-refractivity contribution in [3.8, 4) is 5.75 Å². The first-order chi connectivity index (χ1) is 17.8. The molecule has 0 radical (unpaired) electrons. The van der Waals surface area contributed by atoms with Crippen LogP contribution in [-0.2, 0) is 11.3 Å². The van der Waals surface area contributed by atoms with Gasteiger partial charge in [-0.15, -0.1) is 18.3 Å². The summed E-state index contributed by atoms with van der Waals surface area (Å²) < 4.78 is 43.7. The molecular weight excluding hydrogens is 495 g/mol. The monoisotopic (exact) mass is 533 g/mol. The first-order valence-corrected chi connectivity index (χ1v) is 14.1. The van der Waals surface area contributed by atoms with Crippen LogP contribution < -0.4 is 4.74 Å². The fourth-order valence-electron chi connectivity index (χ4n) is 9.48. The summed E-state index contributed by atoms with van der Waals surface area (Å²) in [6.45, 7) is 6.77. The number of carbonyl (C=O) groups is 1. The van der Waals surface area contributed by atoms with Crippen molar-refractivity contribution in [3.05, 3.63) is 18.2 Å². The summed E-state index contributed by atoms with van der Waals surface area (Å²) in [5.41, 5.74) is 0.450. The lowest BCUT2D eigenvalue weighted by Gasteiger charge is -2.61. The van der Waals surface area contributed by atoms with Crippen LogP contribution in [-0.4, -0.2) is 37.8 Å². The summed E-state index contributed by atoms with van der Waals surface area (Å²) in [4.78, 5) is 13.7. The van der Waals surface area contributed by atoms with E-state index in [0.29, 0.717) is 34.7 Å². The van der Waals surface area contributed by atoms with Gasteiger partial charge in [0.15, 0.2) is 5.78 Å². The molecule has 4 aliphatic rings. The van der Waals surface area contributed by atoms with Crippen molar-refractivity contribution in [1.29, 1.82) is 0 Å². The maximum atomic E-state index is 13.7. The highest BCUT2D eigenvalue weighted by molar-refractivity contribution is 5.84. The van der Waals surface area contributed by atoms with Crippen molar-refractivity contribution < 1.29 is 27.8 Å². The highest BCUT2D eigenvalue weighted by Crippen LogP contribution is 2.68. The summed E-state index contributed by atoms with van der Waals surface area (Å²) >= 11 is 0. The van der Waals surface area contributed by atoms with E-state index in [4.69, 9.17) is 0 Å². The zero-order chi connectivity index (χ0) is 27.1. The predicted molar refractivity (Wildman–Crippen MR) is 135 cm³/mol. The second-order valence-electron chi connectivity index (χ2n) is 13.4. The molecule has 6 nitrogen and oxygen atoms in total. The topological polar surface area (TPSA) is 77.2 Å². The van der Waals surface area contributed by atoms with Gasteiger partial charge in [-0.25, -0.2) is 4.68 Å². The minimum atomic E-state index is -4.79. The molecule has 208 valence electrons. The Balaban J connectivity index is 1.20. The Morgan fingerprint density at radius 3 is 2.58 bits per heavy atom. The number of rotatable bonds is 4. The van der Waals surface area contributed by atoms with E-state index in [0.717, 1.165) is 51.4 Å². The van der Waals surface area contributed by atoms with E-state index in [1.165, 1.54) is 29.3 Å². The van der Waals surface area contributed by atoms with Crippen molar-refractivity contribution >= 4 is 16.8 Å². The van der Waals surface area contributed by atoms with Crippen molar-refractivity contribution in [1.82, 2.24) is 15.0 Å². The average molecular weight is 534 g/mol. The molecule has 4 aliphatic carbocycles. The van der Waals surface area contributed by atoms with Gasteiger partial charge in [0.1, 0.15) is 17.8 Å². The van der Waals surface area contributed by atoms with Gasteiger partial charge in [0.05, 0.1) is 11.1 Å². The second-order valence-corrected chi connectivity index (χ2v) is 13.4. The maximum absolute atomic E-state index is 13.7. The summed E-state index contributed by atoms with van der Waals surface area (Å²) in [6, 6.07) is 3.89. The Morgan fingerprint density at radius 2 is 1.82 bits per heavy atom. The third-order valence-corrected chi connectivity index (χ3v) is 11.4. The Bertz CT molecular complexity index is 1240.